The number of amides is 1. The van der Waals surface area contributed by atoms with E-state index in [0.717, 1.165) is 4.47 Å². The molecule has 1 N–H and O–H groups in total. The SMILES string of the molecule is COc1cc(NC(=O)c2cncc(Br)c2)c(OC)cc1Cl. The van der Waals surface area contributed by atoms with Crippen molar-refractivity contribution in [3.8, 4) is 11.5 Å². The summed E-state index contributed by atoms with van der Waals surface area (Å²) < 4.78 is 11.1. The second kappa shape index (κ2) is 6.78. The Labute approximate surface area is 135 Å². The zero-order valence-corrected chi connectivity index (χ0v) is 13.7. The molecule has 0 bridgehead atoms. The predicted molar refractivity (Wildman–Crippen MR) is 84.4 cm³/mol. The molecule has 2 rings (SSSR count). The van der Waals surface area contributed by atoms with E-state index in [0.29, 0.717) is 27.8 Å². The van der Waals surface area contributed by atoms with E-state index >= 15 is 0 Å². The zero-order chi connectivity index (χ0) is 15.4. The lowest BCUT2D eigenvalue weighted by Gasteiger charge is -2.13. The van der Waals surface area contributed by atoms with Crippen molar-refractivity contribution in [3.05, 3.63) is 45.7 Å². The largest absolute Gasteiger partial charge is 0.495 e. The van der Waals surface area contributed by atoms with Crippen LogP contribution in [-0.2, 0) is 0 Å². The van der Waals surface area contributed by atoms with Crippen LogP contribution >= 0.6 is 27.5 Å². The molecular formula is C14H12BrClN2O3. The number of aromatic nitrogens is 1. The molecule has 21 heavy (non-hydrogen) atoms. The number of rotatable bonds is 4. The first-order valence-corrected chi connectivity index (χ1v) is 7.05. The molecule has 0 saturated heterocycles. The van der Waals surface area contributed by atoms with Gasteiger partial charge < -0.3 is 14.8 Å². The third kappa shape index (κ3) is 3.65. The van der Waals surface area contributed by atoms with Gasteiger partial charge in [-0.25, -0.2) is 0 Å². The Kier molecular flexibility index (Phi) is 5.03. The minimum absolute atomic E-state index is 0.313. The molecule has 0 spiro atoms. The van der Waals surface area contributed by atoms with E-state index in [1.54, 1.807) is 24.4 Å². The number of hydrogen-bond donors (Lipinski definition) is 1. The van der Waals surface area contributed by atoms with Crippen molar-refractivity contribution in [2.45, 2.75) is 0 Å². The molecule has 1 heterocycles. The molecule has 1 aromatic heterocycles. The number of hydrogen-bond acceptors (Lipinski definition) is 4. The van der Waals surface area contributed by atoms with Crippen molar-refractivity contribution in [1.82, 2.24) is 4.98 Å². The Morgan fingerprint density at radius 3 is 2.52 bits per heavy atom. The van der Waals surface area contributed by atoms with E-state index in [4.69, 9.17) is 21.1 Å². The third-order valence-electron chi connectivity index (χ3n) is 2.69. The molecular weight excluding hydrogens is 360 g/mol. The standard InChI is InChI=1S/C14H12BrClN2O3/c1-20-12-5-11(13(21-2)4-10(12)16)18-14(19)8-3-9(15)7-17-6-8/h3-7H,1-2H3,(H,18,19). The van der Waals surface area contributed by atoms with Crippen LogP contribution < -0.4 is 14.8 Å². The first kappa shape index (κ1) is 15.6. The maximum Gasteiger partial charge on any atom is 0.257 e. The van der Waals surface area contributed by atoms with E-state index in [1.165, 1.54) is 20.4 Å². The van der Waals surface area contributed by atoms with Gasteiger partial charge in [-0.1, -0.05) is 11.6 Å². The van der Waals surface area contributed by atoms with Gasteiger partial charge in [0, 0.05) is 29.0 Å². The van der Waals surface area contributed by atoms with E-state index < -0.39 is 0 Å². The van der Waals surface area contributed by atoms with Crippen LogP contribution in [0.2, 0.25) is 5.02 Å². The maximum absolute atomic E-state index is 12.2. The van der Waals surface area contributed by atoms with Crippen LogP contribution in [0, 0.1) is 0 Å². The van der Waals surface area contributed by atoms with Gasteiger partial charge >= 0.3 is 0 Å². The molecule has 5 nitrogen and oxygen atoms in total. The lowest BCUT2D eigenvalue weighted by atomic mass is 10.2. The van der Waals surface area contributed by atoms with Gasteiger partial charge in [0.1, 0.15) is 11.5 Å². The highest BCUT2D eigenvalue weighted by atomic mass is 79.9. The van der Waals surface area contributed by atoms with Gasteiger partial charge in [0.05, 0.1) is 30.5 Å². The average Bonchev–Trinajstić information content (AvgIpc) is 2.48. The Bertz CT molecular complexity index is 679. The summed E-state index contributed by atoms with van der Waals surface area (Å²) in [4.78, 5) is 16.2. The molecule has 110 valence electrons. The Hall–Kier alpha value is -1.79. The van der Waals surface area contributed by atoms with Crippen molar-refractivity contribution in [3.63, 3.8) is 0 Å². The molecule has 0 fully saturated rings. The van der Waals surface area contributed by atoms with Crippen molar-refractivity contribution in [2.24, 2.45) is 0 Å². The minimum atomic E-state index is -0.313. The number of pyridine rings is 1. The zero-order valence-electron chi connectivity index (χ0n) is 11.3. The second-order valence-corrected chi connectivity index (χ2v) is 5.36. The molecule has 7 heteroatoms. The van der Waals surface area contributed by atoms with Gasteiger partial charge in [-0.05, 0) is 22.0 Å². The van der Waals surface area contributed by atoms with E-state index in [9.17, 15) is 4.79 Å². The van der Waals surface area contributed by atoms with Gasteiger partial charge in [-0.15, -0.1) is 0 Å². The number of benzene rings is 1. The van der Waals surface area contributed by atoms with E-state index in [1.807, 2.05) is 0 Å². The Balaban J connectivity index is 2.32. The molecule has 0 aliphatic rings. The monoisotopic (exact) mass is 370 g/mol. The summed E-state index contributed by atoms with van der Waals surface area (Å²) >= 11 is 9.29. The molecule has 0 atom stereocenters. The normalized spacial score (nSPS) is 10.1. The van der Waals surface area contributed by atoms with Crippen LogP contribution in [0.15, 0.2) is 35.1 Å². The number of ether oxygens (including phenoxy) is 2. The molecule has 1 amide bonds. The topological polar surface area (TPSA) is 60.5 Å². The van der Waals surface area contributed by atoms with Gasteiger partial charge in [0.2, 0.25) is 0 Å². The predicted octanol–water partition coefficient (Wildman–Crippen LogP) is 3.77. The van der Waals surface area contributed by atoms with Crippen LogP contribution in [0.5, 0.6) is 11.5 Å². The number of carbonyl (C=O) groups excluding carboxylic acids is 1. The number of halogens is 2. The second-order valence-electron chi connectivity index (χ2n) is 4.03. The fourth-order valence-electron chi connectivity index (χ4n) is 1.69. The Morgan fingerprint density at radius 2 is 1.90 bits per heavy atom. The number of anilines is 1. The maximum atomic E-state index is 12.2. The highest BCUT2D eigenvalue weighted by Crippen LogP contribution is 2.36. The van der Waals surface area contributed by atoms with Crippen LogP contribution in [0.1, 0.15) is 10.4 Å². The quantitative estimate of drug-likeness (QED) is 0.889. The van der Waals surface area contributed by atoms with Crippen LogP contribution in [-0.4, -0.2) is 25.1 Å². The summed E-state index contributed by atoms with van der Waals surface area (Å²) in [6.07, 6.45) is 3.07. The van der Waals surface area contributed by atoms with Gasteiger partial charge in [-0.3, -0.25) is 9.78 Å². The molecule has 0 unspecified atom stereocenters. The summed E-state index contributed by atoms with van der Waals surface area (Å²) in [5.41, 5.74) is 0.879. The molecule has 0 radical (unpaired) electrons. The van der Waals surface area contributed by atoms with Crippen LogP contribution in [0.3, 0.4) is 0 Å². The van der Waals surface area contributed by atoms with Crippen LogP contribution in [0.4, 0.5) is 5.69 Å². The van der Waals surface area contributed by atoms with Gasteiger partial charge in [0.15, 0.2) is 0 Å². The summed E-state index contributed by atoms with van der Waals surface area (Å²) in [5, 5.41) is 3.14. The van der Waals surface area contributed by atoms with Crippen molar-refractivity contribution < 1.29 is 14.3 Å². The van der Waals surface area contributed by atoms with Crippen molar-refractivity contribution >= 4 is 39.1 Å². The molecule has 0 saturated carbocycles. The molecule has 0 aliphatic heterocycles. The first-order valence-electron chi connectivity index (χ1n) is 5.88. The number of nitrogens with zero attached hydrogens (tertiary/aromatic N) is 1. The van der Waals surface area contributed by atoms with E-state index in [-0.39, 0.29) is 5.91 Å². The minimum Gasteiger partial charge on any atom is -0.495 e. The molecule has 1 aromatic carbocycles. The van der Waals surface area contributed by atoms with Gasteiger partial charge in [0.25, 0.3) is 5.91 Å². The Morgan fingerprint density at radius 1 is 1.19 bits per heavy atom. The fourth-order valence-corrected chi connectivity index (χ4v) is 2.28. The first-order chi connectivity index (χ1) is 10.0. The van der Waals surface area contributed by atoms with Gasteiger partial charge in [-0.2, -0.15) is 0 Å². The molecule has 2 aromatic rings. The number of methoxy groups -OCH3 is 2. The fraction of sp³-hybridized carbons (Fsp3) is 0.143. The lowest BCUT2D eigenvalue weighted by molar-refractivity contribution is 0.102. The summed E-state index contributed by atoms with van der Waals surface area (Å²) in [6, 6.07) is 4.85. The summed E-state index contributed by atoms with van der Waals surface area (Å²) in [5.74, 6) is 0.573. The van der Waals surface area contributed by atoms with Crippen molar-refractivity contribution in [1.29, 1.82) is 0 Å². The molecule has 0 aliphatic carbocycles. The van der Waals surface area contributed by atoms with Crippen molar-refractivity contribution in [2.75, 3.05) is 19.5 Å². The highest BCUT2D eigenvalue weighted by molar-refractivity contribution is 9.10. The highest BCUT2D eigenvalue weighted by Gasteiger charge is 2.14. The number of carbonyl (C=O) groups is 1. The average molecular weight is 372 g/mol. The summed E-state index contributed by atoms with van der Waals surface area (Å²) in [7, 11) is 2.99. The smallest absolute Gasteiger partial charge is 0.257 e. The lowest BCUT2D eigenvalue weighted by Crippen LogP contribution is -2.13. The number of nitrogens with one attached hydrogen (secondary N) is 1. The third-order valence-corrected chi connectivity index (χ3v) is 3.42. The van der Waals surface area contributed by atoms with E-state index in [2.05, 4.69) is 26.2 Å². The summed E-state index contributed by atoms with van der Waals surface area (Å²) in [6.45, 7) is 0. The van der Waals surface area contributed by atoms with Crippen LogP contribution in [0.25, 0.3) is 0 Å².